The first-order valence-electron chi connectivity index (χ1n) is 6.39. The molecule has 0 spiro atoms. The van der Waals surface area contributed by atoms with E-state index in [4.69, 9.17) is 5.73 Å². The topological polar surface area (TPSA) is 72.2 Å². The minimum Gasteiger partial charge on any atom is -0.396 e. The van der Waals surface area contributed by atoms with Crippen LogP contribution in [0.25, 0.3) is 0 Å². The number of halogens is 1. The molecule has 1 aliphatic carbocycles. The van der Waals surface area contributed by atoms with Crippen molar-refractivity contribution >= 4 is 15.7 Å². The van der Waals surface area contributed by atoms with E-state index < -0.39 is 15.8 Å². The monoisotopic (exact) mass is 286 g/mol. The molecule has 0 radical (unpaired) electrons. The van der Waals surface area contributed by atoms with E-state index in [1.165, 1.54) is 13.0 Å². The Morgan fingerprint density at radius 2 is 2.05 bits per heavy atom. The van der Waals surface area contributed by atoms with Gasteiger partial charge in [0.15, 0.2) is 0 Å². The van der Waals surface area contributed by atoms with Gasteiger partial charge in [0.05, 0.1) is 10.6 Å². The molecule has 6 heteroatoms. The molecular weight excluding hydrogens is 267 g/mol. The fraction of sp³-hybridized carbons (Fsp3) is 0.538. The minimum absolute atomic E-state index is 0.0232. The summed E-state index contributed by atoms with van der Waals surface area (Å²) in [6.07, 6.45) is 3.25. The van der Waals surface area contributed by atoms with Crippen molar-refractivity contribution in [3.8, 4) is 0 Å². The molecule has 0 aliphatic heterocycles. The highest BCUT2D eigenvalue weighted by Gasteiger charge is 2.28. The van der Waals surface area contributed by atoms with Crippen LogP contribution < -0.4 is 10.5 Å². The lowest BCUT2D eigenvalue weighted by Gasteiger charge is -2.31. The molecule has 1 aliphatic rings. The van der Waals surface area contributed by atoms with Gasteiger partial charge in [0.2, 0.25) is 10.0 Å². The summed E-state index contributed by atoms with van der Waals surface area (Å²) in [5, 5.41) is 0. The van der Waals surface area contributed by atoms with Crippen molar-refractivity contribution in [1.29, 1.82) is 0 Å². The normalized spacial score (nSPS) is 18.1. The Bertz CT molecular complexity index is 559. The molecule has 0 heterocycles. The van der Waals surface area contributed by atoms with E-state index in [9.17, 15) is 12.8 Å². The first kappa shape index (κ1) is 14.3. The van der Waals surface area contributed by atoms with Gasteiger partial charge < -0.3 is 5.73 Å². The van der Waals surface area contributed by atoms with Gasteiger partial charge in [0.25, 0.3) is 0 Å². The predicted octanol–water partition coefficient (Wildman–Crippen LogP) is 2.18. The van der Waals surface area contributed by atoms with E-state index in [1.54, 1.807) is 0 Å². The Morgan fingerprint density at radius 1 is 1.42 bits per heavy atom. The Morgan fingerprint density at radius 3 is 2.53 bits per heavy atom. The molecule has 2 rings (SSSR count). The standard InChI is InChI=1S/C13H19FN2O2S/c1-8-6-11(7-12(15)13(8)14)19(17,18)16-9(2)10-4-3-5-10/h6-7,9-10,16H,3-5,15H2,1-2H3. The van der Waals surface area contributed by atoms with Crippen LogP contribution in [0, 0.1) is 18.7 Å². The molecule has 106 valence electrons. The van der Waals surface area contributed by atoms with Crippen LogP contribution >= 0.6 is 0 Å². The second-order valence-corrected chi connectivity index (χ2v) is 6.96. The molecule has 4 nitrogen and oxygen atoms in total. The molecule has 1 saturated carbocycles. The number of anilines is 1. The summed E-state index contributed by atoms with van der Waals surface area (Å²) in [6.45, 7) is 3.36. The van der Waals surface area contributed by atoms with Crippen LogP contribution in [0.4, 0.5) is 10.1 Å². The number of rotatable bonds is 4. The zero-order valence-corrected chi connectivity index (χ0v) is 11.9. The molecule has 1 aromatic carbocycles. The van der Waals surface area contributed by atoms with Gasteiger partial charge in [-0.05, 0) is 50.3 Å². The summed E-state index contributed by atoms with van der Waals surface area (Å²) < 4.78 is 40.5. The van der Waals surface area contributed by atoms with Gasteiger partial charge in [0.1, 0.15) is 5.82 Å². The highest BCUT2D eigenvalue weighted by molar-refractivity contribution is 7.89. The molecule has 1 unspecified atom stereocenters. The van der Waals surface area contributed by atoms with E-state index in [0.29, 0.717) is 5.92 Å². The van der Waals surface area contributed by atoms with Crippen molar-refractivity contribution in [2.75, 3.05) is 5.73 Å². The third-order valence-electron chi connectivity index (χ3n) is 3.76. The summed E-state index contributed by atoms with van der Waals surface area (Å²) in [5.74, 6) is -0.167. The number of nitrogen functional groups attached to an aromatic ring is 1. The maximum atomic E-state index is 13.4. The second-order valence-electron chi connectivity index (χ2n) is 5.24. The molecule has 0 bridgehead atoms. The van der Waals surface area contributed by atoms with Crippen molar-refractivity contribution in [2.24, 2.45) is 5.92 Å². The number of nitrogens with one attached hydrogen (secondary N) is 1. The fourth-order valence-electron chi connectivity index (χ4n) is 2.27. The van der Waals surface area contributed by atoms with E-state index >= 15 is 0 Å². The number of hydrogen-bond acceptors (Lipinski definition) is 3. The Labute approximate surface area is 113 Å². The molecule has 1 fully saturated rings. The summed E-state index contributed by atoms with van der Waals surface area (Å²) in [4.78, 5) is 0.0232. The smallest absolute Gasteiger partial charge is 0.240 e. The number of nitrogens with two attached hydrogens (primary N) is 1. The Balaban J connectivity index is 2.24. The van der Waals surface area contributed by atoms with Gasteiger partial charge in [-0.1, -0.05) is 6.42 Å². The molecule has 0 saturated heterocycles. The number of sulfonamides is 1. The number of hydrogen-bond donors (Lipinski definition) is 2. The van der Waals surface area contributed by atoms with E-state index in [-0.39, 0.29) is 22.2 Å². The molecule has 3 N–H and O–H groups in total. The number of benzene rings is 1. The average Bonchev–Trinajstić information content (AvgIpc) is 2.21. The summed E-state index contributed by atoms with van der Waals surface area (Å²) in [5.41, 5.74) is 5.57. The van der Waals surface area contributed by atoms with Crippen LogP contribution in [0.15, 0.2) is 17.0 Å². The molecule has 1 atom stereocenters. The molecular formula is C13H19FN2O2S. The van der Waals surface area contributed by atoms with Gasteiger partial charge in [-0.15, -0.1) is 0 Å². The van der Waals surface area contributed by atoms with Crippen molar-refractivity contribution in [1.82, 2.24) is 4.72 Å². The van der Waals surface area contributed by atoms with Crippen molar-refractivity contribution in [3.63, 3.8) is 0 Å². The van der Waals surface area contributed by atoms with Crippen LogP contribution in [0.2, 0.25) is 0 Å². The lowest BCUT2D eigenvalue weighted by atomic mass is 9.81. The van der Waals surface area contributed by atoms with Gasteiger partial charge >= 0.3 is 0 Å². The highest BCUT2D eigenvalue weighted by Crippen LogP contribution is 2.30. The Kier molecular flexibility index (Phi) is 3.82. The maximum Gasteiger partial charge on any atom is 0.240 e. The SMILES string of the molecule is Cc1cc(S(=O)(=O)NC(C)C2CCC2)cc(N)c1F. The summed E-state index contributed by atoms with van der Waals surface area (Å²) >= 11 is 0. The third-order valence-corrected chi connectivity index (χ3v) is 5.30. The van der Waals surface area contributed by atoms with Crippen LogP contribution in [-0.4, -0.2) is 14.5 Å². The van der Waals surface area contributed by atoms with Gasteiger partial charge in [-0.3, -0.25) is 0 Å². The second kappa shape index (κ2) is 5.09. The van der Waals surface area contributed by atoms with Gasteiger partial charge in [0, 0.05) is 6.04 Å². The van der Waals surface area contributed by atoms with Crippen LogP contribution in [0.1, 0.15) is 31.7 Å². The van der Waals surface area contributed by atoms with Crippen LogP contribution in [-0.2, 0) is 10.0 Å². The third kappa shape index (κ3) is 2.90. The summed E-state index contributed by atoms with van der Waals surface area (Å²) in [6, 6.07) is 2.37. The zero-order valence-electron chi connectivity index (χ0n) is 11.1. The van der Waals surface area contributed by atoms with Gasteiger partial charge in [-0.25, -0.2) is 17.5 Å². The lowest BCUT2D eigenvalue weighted by molar-refractivity contribution is 0.260. The number of aryl methyl sites for hydroxylation is 1. The van der Waals surface area contributed by atoms with Gasteiger partial charge in [-0.2, -0.15) is 0 Å². The van der Waals surface area contributed by atoms with Crippen LogP contribution in [0.3, 0.4) is 0 Å². The Hall–Kier alpha value is -1.14. The lowest BCUT2D eigenvalue weighted by Crippen LogP contribution is -2.40. The maximum absolute atomic E-state index is 13.4. The summed E-state index contributed by atoms with van der Waals surface area (Å²) in [7, 11) is -3.64. The minimum atomic E-state index is -3.64. The largest absolute Gasteiger partial charge is 0.396 e. The molecule has 1 aromatic rings. The quantitative estimate of drug-likeness (QED) is 0.833. The van der Waals surface area contributed by atoms with E-state index in [0.717, 1.165) is 25.3 Å². The first-order valence-corrected chi connectivity index (χ1v) is 7.87. The molecule has 19 heavy (non-hydrogen) atoms. The average molecular weight is 286 g/mol. The van der Waals surface area contributed by atoms with Crippen molar-refractivity contribution in [3.05, 3.63) is 23.5 Å². The van der Waals surface area contributed by atoms with E-state index in [2.05, 4.69) is 4.72 Å². The highest BCUT2D eigenvalue weighted by atomic mass is 32.2. The zero-order chi connectivity index (χ0) is 14.2. The predicted molar refractivity (Wildman–Crippen MR) is 72.7 cm³/mol. The van der Waals surface area contributed by atoms with E-state index in [1.807, 2.05) is 6.92 Å². The van der Waals surface area contributed by atoms with Crippen molar-refractivity contribution in [2.45, 2.75) is 44.0 Å². The molecule has 0 aromatic heterocycles. The van der Waals surface area contributed by atoms with Crippen LogP contribution in [0.5, 0.6) is 0 Å². The van der Waals surface area contributed by atoms with Crippen molar-refractivity contribution < 1.29 is 12.8 Å². The first-order chi connectivity index (χ1) is 8.81. The molecule has 0 amide bonds. The fourth-order valence-corrected chi connectivity index (χ4v) is 3.70.